The van der Waals surface area contributed by atoms with E-state index in [1.807, 2.05) is 6.92 Å². The Bertz CT molecular complexity index is 1010. The molecule has 0 aliphatic heterocycles. The molecule has 0 N–H and O–H groups in total. The van der Waals surface area contributed by atoms with E-state index in [9.17, 15) is 18.0 Å². The number of alkyl halides is 3. The molecule has 164 valence electrons. The van der Waals surface area contributed by atoms with Crippen molar-refractivity contribution < 1.29 is 18.0 Å². The second-order valence-electron chi connectivity index (χ2n) is 7.38. The second-order valence-corrected chi connectivity index (χ2v) is 7.38. The molecular formula is C23H25F3N4O. The monoisotopic (exact) mass is 430 g/mol. The number of aromatic nitrogens is 2. The Labute approximate surface area is 179 Å². The Hall–Kier alpha value is -3.29. The third-order valence-electron chi connectivity index (χ3n) is 4.80. The molecule has 0 spiro atoms. The van der Waals surface area contributed by atoms with Crippen LogP contribution in [0.2, 0.25) is 0 Å². The summed E-state index contributed by atoms with van der Waals surface area (Å²) in [6.07, 6.45) is -4.04. The van der Waals surface area contributed by atoms with Gasteiger partial charge in [0, 0.05) is 31.8 Å². The highest BCUT2D eigenvalue weighted by molar-refractivity contribution is 5.94. The average Bonchev–Trinajstić information content (AvgIpc) is 3.14. The summed E-state index contributed by atoms with van der Waals surface area (Å²) < 4.78 is 43.2. The predicted octanol–water partition coefficient (Wildman–Crippen LogP) is 5.01. The van der Waals surface area contributed by atoms with Gasteiger partial charge in [0.25, 0.3) is 5.91 Å². The summed E-state index contributed by atoms with van der Waals surface area (Å²) in [6.45, 7) is 2.02. The van der Waals surface area contributed by atoms with Crippen LogP contribution in [-0.2, 0) is 12.7 Å². The maximum Gasteiger partial charge on any atom is 0.435 e. The zero-order chi connectivity index (χ0) is 22.6. The molecule has 0 atom stereocenters. The average molecular weight is 430 g/mol. The lowest BCUT2D eigenvalue weighted by Gasteiger charge is -2.25. The van der Waals surface area contributed by atoms with Crippen LogP contribution in [-0.4, -0.2) is 41.2 Å². The Morgan fingerprint density at radius 1 is 1.00 bits per heavy atom. The van der Waals surface area contributed by atoms with Crippen molar-refractivity contribution in [1.29, 1.82) is 0 Å². The molecule has 5 nitrogen and oxygen atoms in total. The highest BCUT2D eigenvalue weighted by Gasteiger charge is 2.40. The standard InChI is InChI=1S/C23H25F3N4O/c1-4-15-29(22(31)17-11-7-5-8-12-17)16-19-20(23(24,25)26)27-30(21(19)28(2)3)18-13-9-6-10-14-18/h5-14H,4,15-16H2,1-3H3. The summed E-state index contributed by atoms with van der Waals surface area (Å²) in [4.78, 5) is 16.1. The molecule has 0 aliphatic carbocycles. The summed E-state index contributed by atoms with van der Waals surface area (Å²) in [5.74, 6) is -0.0202. The topological polar surface area (TPSA) is 41.4 Å². The Kier molecular flexibility index (Phi) is 6.68. The number of hydrogen-bond acceptors (Lipinski definition) is 3. The summed E-state index contributed by atoms with van der Waals surface area (Å²) in [5.41, 5.74) is -0.0631. The van der Waals surface area contributed by atoms with Crippen molar-refractivity contribution in [3.8, 4) is 5.69 Å². The molecule has 3 rings (SSSR count). The third kappa shape index (κ3) is 4.90. The summed E-state index contributed by atoms with van der Waals surface area (Å²) in [5, 5.41) is 3.93. The number of rotatable bonds is 7. The minimum absolute atomic E-state index is 0.0286. The minimum Gasteiger partial charge on any atom is -0.362 e. The van der Waals surface area contributed by atoms with Crippen molar-refractivity contribution in [2.45, 2.75) is 26.1 Å². The minimum atomic E-state index is -4.66. The molecule has 0 radical (unpaired) electrons. The van der Waals surface area contributed by atoms with Crippen LogP contribution in [0.25, 0.3) is 5.69 Å². The maximum absolute atomic E-state index is 14.0. The van der Waals surface area contributed by atoms with E-state index in [2.05, 4.69) is 5.10 Å². The molecule has 3 aromatic rings. The number of carbonyl (C=O) groups excluding carboxylic acids is 1. The molecule has 31 heavy (non-hydrogen) atoms. The molecule has 0 saturated heterocycles. The number of para-hydroxylation sites is 1. The number of hydrogen-bond donors (Lipinski definition) is 0. The van der Waals surface area contributed by atoms with Gasteiger partial charge in [-0.25, -0.2) is 4.68 Å². The third-order valence-corrected chi connectivity index (χ3v) is 4.80. The van der Waals surface area contributed by atoms with Crippen LogP contribution in [0.5, 0.6) is 0 Å². The zero-order valence-corrected chi connectivity index (χ0v) is 17.7. The largest absolute Gasteiger partial charge is 0.435 e. The number of benzene rings is 2. The second kappa shape index (κ2) is 9.24. The Morgan fingerprint density at radius 3 is 2.10 bits per heavy atom. The van der Waals surface area contributed by atoms with Gasteiger partial charge in [-0.3, -0.25) is 4.79 Å². The molecule has 0 unspecified atom stereocenters. The molecule has 1 aromatic heterocycles. The lowest BCUT2D eigenvalue weighted by Crippen LogP contribution is -2.32. The molecule has 0 fully saturated rings. The fourth-order valence-corrected chi connectivity index (χ4v) is 3.50. The predicted molar refractivity (Wildman–Crippen MR) is 114 cm³/mol. The quantitative estimate of drug-likeness (QED) is 0.529. The number of anilines is 1. The van der Waals surface area contributed by atoms with Crippen LogP contribution in [0.15, 0.2) is 60.7 Å². The van der Waals surface area contributed by atoms with Crippen molar-refractivity contribution in [3.05, 3.63) is 77.5 Å². The fraction of sp³-hybridized carbons (Fsp3) is 0.304. The number of amides is 1. The molecule has 1 heterocycles. The van der Waals surface area contributed by atoms with Gasteiger partial charge in [0.2, 0.25) is 0 Å². The summed E-state index contributed by atoms with van der Waals surface area (Å²) in [6, 6.07) is 17.2. The van der Waals surface area contributed by atoms with Gasteiger partial charge in [-0.05, 0) is 30.7 Å². The maximum atomic E-state index is 14.0. The lowest BCUT2D eigenvalue weighted by atomic mass is 10.1. The van der Waals surface area contributed by atoms with E-state index < -0.39 is 11.9 Å². The van der Waals surface area contributed by atoms with Crippen molar-refractivity contribution in [2.24, 2.45) is 0 Å². The Balaban J connectivity index is 2.13. The van der Waals surface area contributed by atoms with Crippen LogP contribution >= 0.6 is 0 Å². The molecule has 2 aromatic carbocycles. The first-order valence-corrected chi connectivity index (χ1v) is 10.00. The van der Waals surface area contributed by atoms with Crippen molar-refractivity contribution in [1.82, 2.24) is 14.7 Å². The van der Waals surface area contributed by atoms with Gasteiger partial charge in [0.1, 0.15) is 5.82 Å². The van der Waals surface area contributed by atoms with Gasteiger partial charge in [-0.1, -0.05) is 43.3 Å². The SMILES string of the molecule is CCCN(Cc1c(C(F)(F)F)nn(-c2ccccc2)c1N(C)C)C(=O)c1ccccc1. The molecule has 1 amide bonds. The first-order chi connectivity index (χ1) is 14.7. The summed E-state index contributed by atoms with van der Waals surface area (Å²) in [7, 11) is 3.34. The van der Waals surface area contributed by atoms with E-state index in [4.69, 9.17) is 0 Å². The number of nitrogens with zero attached hydrogens (tertiary/aromatic N) is 4. The summed E-state index contributed by atoms with van der Waals surface area (Å²) >= 11 is 0. The molecule has 0 bridgehead atoms. The van der Waals surface area contributed by atoms with Crippen molar-refractivity contribution in [3.63, 3.8) is 0 Å². The molecular weight excluding hydrogens is 405 g/mol. The van der Waals surface area contributed by atoms with E-state index in [0.717, 1.165) is 0 Å². The van der Waals surface area contributed by atoms with Crippen molar-refractivity contribution >= 4 is 11.7 Å². The van der Waals surface area contributed by atoms with E-state index in [0.29, 0.717) is 30.0 Å². The molecule has 8 heteroatoms. The number of halogens is 3. The zero-order valence-electron chi connectivity index (χ0n) is 17.7. The number of carbonyl (C=O) groups is 1. The van der Waals surface area contributed by atoms with Gasteiger partial charge in [0.05, 0.1) is 12.2 Å². The van der Waals surface area contributed by atoms with E-state index in [-0.39, 0.29) is 18.0 Å². The van der Waals surface area contributed by atoms with Gasteiger partial charge in [-0.2, -0.15) is 18.3 Å². The van der Waals surface area contributed by atoms with Crippen LogP contribution in [0.4, 0.5) is 19.0 Å². The van der Waals surface area contributed by atoms with E-state index >= 15 is 0 Å². The molecule has 0 saturated carbocycles. The smallest absolute Gasteiger partial charge is 0.362 e. The van der Waals surface area contributed by atoms with E-state index in [1.165, 1.54) is 9.58 Å². The fourth-order valence-electron chi connectivity index (χ4n) is 3.50. The van der Waals surface area contributed by atoms with Gasteiger partial charge in [-0.15, -0.1) is 0 Å². The van der Waals surface area contributed by atoms with Crippen LogP contribution in [0.3, 0.4) is 0 Å². The highest BCUT2D eigenvalue weighted by Crippen LogP contribution is 2.37. The normalized spacial score (nSPS) is 11.4. The van der Waals surface area contributed by atoms with Gasteiger partial charge in [0.15, 0.2) is 5.69 Å². The lowest BCUT2D eigenvalue weighted by molar-refractivity contribution is -0.142. The molecule has 0 aliphatic rings. The first-order valence-electron chi connectivity index (χ1n) is 10.00. The van der Waals surface area contributed by atoms with Crippen LogP contribution in [0.1, 0.15) is 35.0 Å². The first kappa shape index (κ1) is 22.4. The van der Waals surface area contributed by atoms with Crippen molar-refractivity contribution in [2.75, 3.05) is 25.5 Å². The Morgan fingerprint density at radius 2 is 1.58 bits per heavy atom. The van der Waals surface area contributed by atoms with Crippen LogP contribution < -0.4 is 4.90 Å². The van der Waals surface area contributed by atoms with E-state index in [1.54, 1.807) is 79.7 Å². The van der Waals surface area contributed by atoms with Crippen LogP contribution in [0, 0.1) is 0 Å². The highest BCUT2D eigenvalue weighted by atomic mass is 19.4. The van der Waals surface area contributed by atoms with Gasteiger partial charge < -0.3 is 9.80 Å². The van der Waals surface area contributed by atoms with Gasteiger partial charge >= 0.3 is 6.18 Å².